The summed E-state index contributed by atoms with van der Waals surface area (Å²) in [5, 5.41) is 10.4. The number of hydrogen-bond acceptors (Lipinski definition) is 3. The van der Waals surface area contributed by atoms with Crippen LogP contribution in [0.2, 0.25) is 0 Å². The third-order valence-electron chi connectivity index (χ3n) is 2.00. The number of nitrogens with two attached hydrogens (primary N) is 1. The number of carboxylic acid groups (broad SMARTS) is 1. The van der Waals surface area contributed by atoms with Gasteiger partial charge in [-0.2, -0.15) is 0 Å². The van der Waals surface area contributed by atoms with Gasteiger partial charge in [-0.05, 0) is 11.0 Å². The second-order valence-electron chi connectivity index (χ2n) is 4.27. The molecule has 1 aromatic rings. The van der Waals surface area contributed by atoms with Gasteiger partial charge in [-0.3, -0.25) is 4.79 Å². The van der Waals surface area contributed by atoms with Gasteiger partial charge in [-0.15, -0.1) is 11.3 Å². The average molecular weight is 227 g/mol. The van der Waals surface area contributed by atoms with Gasteiger partial charge in [0.25, 0.3) is 5.91 Å². The molecular formula is C10H13NO3S. The van der Waals surface area contributed by atoms with Crippen molar-refractivity contribution in [2.24, 2.45) is 5.73 Å². The lowest BCUT2D eigenvalue weighted by molar-refractivity contribution is 0.0695. The smallest absolute Gasteiger partial charge is 0.336 e. The molecule has 0 spiro atoms. The number of carbonyl (C=O) groups is 2. The lowest BCUT2D eigenvalue weighted by Crippen LogP contribution is -2.21. The number of thiophene rings is 1. The number of carbonyl (C=O) groups excluding carboxylic acids is 1. The molecule has 0 saturated heterocycles. The van der Waals surface area contributed by atoms with Crippen LogP contribution in [0.5, 0.6) is 0 Å². The summed E-state index contributed by atoms with van der Waals surface area (Å²) in [5.41, 5.74) is 5.49. The first kappa shape index (κ1) is 11.7. The summed E-state index contributed by atoms with van der Waals surface area (Å²) in [6.07, 6.45) is 0. The number of primary amides is 1. The second-order valence-corrected chi connectivity index (χ2v) is 5.15. The average Bonchev–Trinajstić information content (AvgIpc) is 2.45. The van der Waals surface area contributed by atoms with E-state index in [0.29, 0.717) is 10.4 Å². The first-order valence-corrected chi connectivity index (χ1v) is 5.28. The molecular weight excluding hydrogens is 214 g/mol. The summed E-state index contributed by atoms with van der Waals surface area (Å²) in [6, 6.07) is 0. The predicted octanol–water partition coefficient (Wildman–Crippen LogP) is 1.84. The molecule has 82 valence electrons. The van der Waals surface area contributed by atoms with Crippen LogP contribution in [-0.4, -0.2) is 17.0 Å². The van der Waals surface area contributed by atoms with Gasteiger partial charge in [-0.1, -0.05) is 20.8 Å². The van der Waals surface area contributed by atoms with E-state index in [1.54, 1.807) is 0 Å². The summed E-state index contributed by atoms with van der Waals surface area (Å²) in [4.78, 5) is 22.4. The zero-order chi connectivity index (χ0) is 11.8. The number of hydrogen-bond donors (Lipinski definition) is 2. The van der Waals surface area contributed by atoms with Gasteiger partial charge in [0, 0.05) is 5.38 Å². The van der Waals surface area contributed by atoms with Crippen LogP contribution < -0.4 is 5.73 Å². The molecule has 1 rings (SSSR count). The molecule has 4 nitrogen and oxygen atoms in total. The quantitative estimate of drug-likeness (QED) is 0.809. The minimum Gasteiger partial charge on any atom is -0.478 e. The normalized spacial score (nSPS) is 11.4. The maximum Gasteiger partial charge on any atom is 0.336 e. The third kappa shape index (κ3) is 2.18. The summed E-state index contributed by atoms with van der Waals surface area (Å²) in [5.74, 6) is -1.60. The van der Waals surface area contributed by atoms with Crippen molar-refractivity contribution in [1.82, 2.24) is 0 Å². The molecule has 0 aromatic carbocycles. The zero-order valence-electron chi connectivity index (χ0n) is 8.83. The Labute approximate surface area is 91.7 Å². The first-order chi connectivity index (χ1) is 6.75. The fraction of sp³-hybridized carbons (Fsp3) is 0.400. The minimum absolute atomic E-state index is 0.168. The Morgan fingerprint density at radius 1 is 1.40 bits per heavy atom. The Bertz CT molecular complexity index is 383. The number of carboxylic acids is 1. The van der Waals surface area contributed by atoms with Crippen LogP contribution in [-0.2, 0) is 5.41 Å². The standard InChI is InChI=1S/C10H13NO3S/c1-10(2,3)6-5(9(13)14)4-15-7(6)8(11)12/h4H,1-3H3,(H2,11,12)(H,13,14). The lowest BCUT2D eigenvalue weighted by atomic mass is 9.84. The fourth-order valence-electron chi connectivity index (χ4n) is 1.44. The number of aromatic carboxylic acids is 1. The van der Waals surface area contributed by atoms with Crippen molar-refractivity contribution >= 4 is 23.2 Å². The van der Waals surface area contributed by atoms with E-state index < -0.39 is 17.3 Å². The van der Waals surface area contributed by atoms with E-state index in [2.05, 4.69) is 0 Å². The highest BCUT2D eigenvalue weighted by Gasteiger charge is 2.28. The van der Waals surface area contributed by atoms with E-state index in [9.17, 15) is 9.59 Å². The number of rotatable bonds is 2. The Morgan fingerprint density at radius 3 is 2.27 bits per heavy atom. The van der Waals surface area contributed by atoms with E-state index >= 15 is 0 Å². The maximum atomic E-state index is 11.1. The Hall–Kier alpha value is -1.36. The Kier molecular flexibility index (Phi) is 2.86. The van der Waals surface area contributed by atoms with E-state index in [4.69, 9.17) is 10.8 Å². The van der Waals surface area contributed by atoms with Crippen LogP contribution in [0.1, 0.15) is 46.4 Å². The van der Waals surface area contributed by atoms with Gasteiger partial charge in [0.1, 0.15) is 0 Å². The van der Waals surface area contributed by atoms with Gasteiger partial charge >= 0.3 is 5.97 Å². The van der Waals surface area contributed by atoms with Gasteiger partial charge < -0.3 is 10.8 Å². The maximum absolute atomic E-state index is 11.1. The van der Waals surface area contributed by atoms with Crippen molar-refractivity contribution < 1.29 is 14.7 Å². The Morgan fingerprint density at radius 2 is 1.93 bits per heavy atom. The molecule has 15 heavy (non-hydrogen) atoms. The minimum atomic E-state index is -1.02. The largest absolute Gasteiger partial charge is 0.478 e. The molecule has 0 unspecified atom stereocenters. The van der Waals surface area contributed by atoms with Gasteiger partial charge in [0.05, 0.1) is 10.4 Å². The summed E-state index contributed by atoms with van der Waals surface area (Å²) < 4.78 is 0. The fourth-order valence-corrected chi connectivity index (χ4v) is 2.55. The highest BCUT2D eigenvalue weighted by molar-refractivity contribution is 7.12. The van der Waals surface area contributed by atoms with Crippen LogP contribution in [0.15, 0.2) is 5.38 Å². The molecule has 0 bridgehead atoms. The first-order valence-electron chi connectivity index (χ1n) is 4.40. The van der Waals surface area contributed by atoms with Crippen molar-refractivity contribution in [2.75, 3.05) is 0 Å². The molecule has 0 atom stereocenters. The highest BCUT2D eigenvalue weighted by atomic mass is 32.1. The predicted molar refractivity (Wildman–Crippen MR) is 58.5 cm³/mol. The SMILES string of the molecule is CC(C)(C)c1c(C(=O)O)csc1C(N)=O. The summed E-state index contributed by atoms with van der Waals surface area (Å²) in [6.45, 7) is 5.57. The van der Waals surface area contributed by atoms with E-state index in [-0.39, 0.29) is 5.56 Å². The lowest BCUT2D eigenvalue weighted by Gasteiger charge is -2.19. The van der Waals surface area contributed by atoms with Crippen molar-refractivity contribution in [2.45, 2.75) is 26.2 Å². The van der Waals surface area contributed by atoms with Crippen molar-refractivity contribution in [3.8, 4) is 0 Å². The monoisotopic (exact) mass is 227 g/mol. The zero-order valence-corrected chi connectivity index (χ0v) is 9.64. The molecule has 0 aliphatic rings. The molecule has 3 N–H and O–H groups in total. The van der Waals surface area contributed by atoms with Crippen LogP contribution in [0.25, 0.3) is 0 Å². The molecule has 1 amide bonds. The number of amides is 1. The van der Waals surface area contributed by atoms with Crippen molar-refractivity contribution in [3.63, 3.8) is 0 Å². The molecule has 1 aromatic heterocycles. The van der Waals surface area contributed by atoms with Gasteiger partial charge in [-0.25, -0.2) is 4.79 Å². The van der Waals surface area contributed by atoms with Crippen molar-refractivity contribution in [1.29, 1.82) is 0 Å². The molecule has 1 heterocycles. The highest BCUT2D eigenvalue weighted by Crippen LogP contribution is 2.33. The van der Waals surface area contributed by atoms with Crippen molar-refractivity contribution in [3.05, 3.63) is 21.4 Å². The van der Waals surface area contributed by atoms with E-state index in [0.717, 1.165) is 11.3 Å². The molecule has 0 aliphatic heterocycles. The van der Waals surface area contributed by atoms with Crippen LogP contribution in [0.4, 0.5) is 0 Å². The van der Waals surface area contributed by atoms with Gasteiger partial charge in [0.15, 0.2) is 0 Å². The summed E-state index contributed by atoms with van der Waals surface area (Å²) >= 11 is 1.08. The molecule has 5 heteroatoms. The van der Waals surface area contributed by atoms with Crippen LogP contribution >= 0.6 is 11.3 Å². The molecule has 0 aliphatic carbocycles. The Balaban J connectivity index is 3.47. The van der Waals surface area contributed by atoms with Gasteiger partial charge in [0.2, 0.25) is 0 Å². The summed E-state index contributed by atoms with van der Waals surface area (Å²) in [7, 11) is 0. The molecule has 0 radical (unpaired) electrons. The van der Waals surface area contributed by atoms with Crippen LogP contribution in [0, 0.1) is 0 Å². The molecule has 0 saturated carbocycles. The third-order valence-corrected chi connectivity index (χ3v) is 2.99. The van der Waals surface area contributed by atoms with Crippen LogP contribution in [0.3, 0.4) is 0 Å². The van der Waals surface area contributed by atoms with E-state index in [1.165, 1.54) is 5.38 Å². The molecule has 0 fully saturated rings. The van der Waals surface area contributed by atoms with E-state index in [1.807, 2.05) is 20.8 Å². The topological polar surface area (TPSA) is 80.4 Å². The second kappa shape index (κ2) is 3.66.